The lowest BCUT2D eigenvalue weighted by atomic mass is 10.1. The van der Waals surface area contributed by atoms with Crippen LogP contribution in [0.4, 0.5) is 0 Å². The third-order valence-electron chi connectivity index (χ3n) is 3.27. The van der Waals surface area contributed by atoms with Gasteiger partial charge in [-0.05, 0) is 12.1 Å². The highest BCUT2D eigenvalue weighted by molar-refractivity contribution is 9.10. The predicted molar refractivity (Wildman–Crippen MR) is 81.5 cm³/mol. The SMILES string of the molecule is Brc1ccccc1-c1ccnc(CC2CNCCO2)n1. The fourth-order valence-electron chi connectivity index (χ4n) is 2.27. The van der Waals surface area contributed by atoms with Crippen LogP contribution >= 0.6 is 15.9 Å². The Morgan fingerprint density at radius 1 is 1.30 bits per heavy atom. The van der Waals surface area contributed by atoms with Crippen LogP contribution in [0.5, 0.6) is 0 Å². The van der Waals surface area contributed by atoms with E-state index in [4.69, 9.17) is 4.74 Å². The van der Waals surface area contributed by atoms with E-state index in [-0.39, 0.29) is 6.10 Å². The van der Waals surface area contributed by atoms with Gasteiger partial charge in [0.15, 0.2) is 0 Å². The zero-order chi connectivity index (χ0) is 13.8. The second-order valence-corrected chi connectivity index (χ2v) is 5.59. The van der Waals surface area contributed by atoms with Crippen molar-refractivity contribution in [2.24, 2.45) is 0 Å². The van der Waals surface area contributed by atoms with Crippen molar-refractivity contribution >= 4 is 15.9 Å². The van der Waals surface area contributed by atoms with Crippen molar-refractivity contribution in [2.75, 3.05) is 19.7 Å². The minimum absolute atomic E-state index is 0.165. The summed E-state index contributed by atoms with van der Waals surface area (Å²) < 4.78 is 6.74. The minimum Gasteiger partial charge on any atom is -0.375 e. The molecule has 0 amide bonds. The molecular weight excluding hydrogens is 318 g/mol. The lowest BCUT2D eigenvalue weighted by Gasteiger charge is -2.22. The largest absolute Gasteiger partial charge is 0.375 e. The molecule has 2 heterocycles. The van der Waals surface area contributed by atoms with E-state index in [1.54, 1.807) is 0 Å². The van der Waals surface area contributed by atoms with E-state index >= 15 is 0 Å². The van der Waals surface area contributed by atoms with E-state index in [1.807, 2.05) is 30.5 Å². The first kappa shape index (κ1) is 13.7. The van der Waals surface area contributed by atoms with Crippen LogP contribution in [0, 0.1) is 0 Å². The Labute approximate surface area is 126 Å². The Morgan fingerprint density at radius 3 is 3.00 bits per heavy atom. The van der Waals surface area contributed by atoms with E-state index in [9.17, 15) is 0 Å². The molecule has 1 atom stereocenters. The molecule has 0 aliphatic carbocycles. The first-order chi connectivity index (χ1) is 9.83. The van der Waals surface area contributed by atoms with Gasteiger partial charge in [0, 0.05) is 35.7 Å². The van der Waals surface area contributed by atoms with Crippen molar-refractivity contribution in [3.05, 3.63) is 46.8 Å². The molecule has 0 radical (unpaired) electrons. The molecule has 2 aromatic rings. The zero-order valence-electron chi connectivity index (χ0n) is 11.1. The number of nitrogens with zero attached hydrogens (tertiary/aromatic N) is 2. The van der Waals surface area contributed by atoms with Gasteiger partial charge >= 0.3 is 0 Å². The number of aromatic nitrogens is 2. The maximum atomic E-state index is 5.70. The van der Waals surface area contributed by atoms with Crippen molar-refractivity contribution in [1.82, 2.24) is 15.3 Å². The molecule has 1 fully saturated rings. The van der Waals surface area contributed by atoms with Crippen molar-refractivity contribution in [3.8, 4) is 11.3 Å². The smallest absolute Gasteiger partial charge is 0.131 e. The summed E-state index contributed by atoms with van der Waals surface area (Å²) in [7, 11) is 0. The van der Waals surface area contributed by atoms with Crippen molar-refractivity contribution in [1.29, 1.82) is 0 Å². The first-order valence-electron chi connectivity index (χ1n) is 6.72. The number of hydrogen-bond acceptors (Lipinski definition) is 4. The average molecular weight is 334 g/mol. The molecule has 3 rings (SSSR count). The summed E-state index contributed by atoms with van der Waals surface area (Å²) in [4.78, 5) is 9.00. The second-order valence-electron chi connectivity index (χ2n) is 4.74. The van der Waals surface area contributed by atoms with Crippen LogP contribution < -0.4 is 5.32 Å². The maximum Gasteiger partial charge on any atom is 0.131 e. The molecule has 20 heavy (non-hydrogen) atoms. The van der Waals surface area contributed by atoms with Gasteiger partial charge in [0.2, 0.25) is 0 Å². The summed E-state index contributed by atoms with van der Waals surface area (Å²) in [6.07, 6.45) is 2.72. The number of morpholine rings is 1. The summed E-state index contributed by atoms with van der Waals surface area (Å²) in [6, 6.07) is 10.0. The summed E-state index contributed by atoms with van der Waals surface area (Å²) in [5.74, 6) is 0.826. The standard InChI is InChI=1S/C15H16BrN3O/c16-13-4-2-1-3-12(13)14-5-6-18-15(19-14)9-11-10-17-7-8-20-11/h1-6,11,17H,7-10H2. The van der Waals surface area contributed by atoms with Gasteiger partial charge in [0.1, 0.15) is 5.82 Å². The molecule has 1 aromatic heterocycles. The molecule has 0 saturated carbocycles. The van der Waals surface area contributed by atoms with Gasteiger partial charge in [0.05, 0.1) is 18.4 Å². The van der Waals surface area contributed by atoms with Crippen LogP contribution in [0.25, 0.3) is 11.3 Å². The van der Waals surface area contributed by atoms with Crippen LogP contribution in [-0.4, -0.2) is 35.8 Å². The Kier molecular flexibility index (Phi) is 4.40. The minimum atomic E-state index is 0.165. The molecule has 0 bridgehead atoms. The fraction of sp³-hybridized carbons (Fsp3) is 0.333. The Morgan fingerprint density at radius 2 is 2.20 bits per heavy atom. The summed E-state index contributed by atoms with van der Waals surface area (Å²) in [6.45, 7) is 2.55. The predicted octanol–water partition coefficient (Wildman–Crippen LogP) is 2.44. The lowest BCUT2D eigenvalue weighted by molar-refractivity contribution is 0.0280. The Balaban J connectivity index is 1.80. The Bertz CT molecular complexity index is 585. The average Bonchev–Trinajstić information content (AvgIpc) is 2.49. The van der Waals surface area contributed by atoms with Crippen LogP contribution in [-0.2, 0) is 11.2 Å². The summed E-state index contributed by atoms with van der Waals surface area (Å²) in [5.41, 5.74) is 2.02. The molecule has 1 N–H and O–H groups in total. The molecular formula is C15H16BrN3O. The molecule has 0 spiro atoms. The van der Waals surface area contributed by atoms with Gasteiger partial charge < -0.3 is 10.1 Å². The molecule has 104 valence electrons. The monoisotopic (exact) mass is 333 g/mol. The molecule has 1 aliphatic heterocycles. The second kappa shape index (κ2) is 6.43. The Hall–Kier alpha value is -1.30. The molecule has 1 saturated heterocycles. The maximum absolute atomic E-state index is 5.70. The van der Waals surface area contributed by atoms with Crippen LogP contribution in [0.2, 0.25) is 0 Å². The molecule has 1 aromatic carbocycles. The summed E-state index contributed by atoms with van der Waals surface area (Å²) >= 11 is 3.56. The number of benzene rings is 1. The van der Waals surface area contributed by atoms with E-state index in [0.717, 1.165) is 47.7 Å². The third kappa shape index (κ3) is 3.23. The van der Waals surface area contributed by atoms with Gasteiger partial charge in [0.25, 0.3) is 0 Å². The highest BCUT2D eigenvalue weighted by atomic mass is 79.9. The van der Waals surface area contributed by atoms with Crippen molar-refractivity contribution in [2.45, 2.75) is 12.5 Å². The van der Waals surface area contributed by atoms with E-state index in [1.165, 1.54) is 0 Å². The highest BCUT2D eigenvalue weighted by Crippen LogP contribution is 2.26. The number of nitrogens with one attached hydrogen (secondary N) is 1. The molecule has 5 heteroatoms. The van der Waals surface area contributed by atoms with Gasteiger partial charge in [-0.15, -0.1) is 0 Å². The van der Waals surface area contributed by atoms with Crippen molar-refractivity contribution in [3.63, 3.8) is 0 Å². The topological polar surface area (TPSA) is 47.0 Å². The van der Waals surface area contributed by atoms with E-state index < -0.39 is 0 Å². The number of rotatable bonds is 3. The highest BCUT2D eigenvalue weighted by Gasteiger charge is 2.16. The summed E-state index contributed by atoms with van der Waals surface area (Å²) in [5, 5.41) is 3.32. The number of halogens is 1. The lowest BCUT2D eigenvalue weighted by Crippen LogP contribution is -2.39. The number of ether oxygens (including phenoxy) is 1. The van der Waals surface area contributed by atoms with Crippen LogP contribution in [0.15, 0.2) is 41.0 Å². The van der Waals surface area contributed by atoms with Gasteiger partial charge in [-0.1, -0.05) is 34.1 Å². The van der Waals surface area contributed by atoms with Gasteiger partial charge in [-0.3, -0.25) is 0 Å². The quantitative estimate of drug-likeness (QED) is 0.937. The van der Waals surface area contributed by atoms with E-state index in [2.05, 4.69) is 37.3 Å². The normalized spacial score (nSPS) is 18.9. The van der Waals surface area contributed by atoms with Crippen LogP contribution in [0.1, 0.15) is 5.82 Å². The first-order valence-corrected chi connectivity index (χ1v) is 7.51. The number of hydrogen-bond donors (Lipinski definition) is 1. The van der Waals surface area contributed by atoms with Gasteiger partial charge in [-0.2, -0.15) is 0 Å². The van der Waals surface area contributed by atoms with E-state index in [0.29, 0.717) is 0 Å². The van der Waals surface area contributed by atoms with Gasteiger partial charge in [-0.25, -0.2) is 9.97 Å². The fourth-order valence-corrected chi connectivity index (χ4v) is 2.76. The zero-order valence-corrected chi connectivity index (χ0v) is 12.6. The van der Waals surface area contributed by atoms with Crippen molar-refractivity contribution < 1.29 is 4.74 Å². The molecule has 1 unspecified atom stereocenters. The third-order valence-corrected chi connectivity index (χ3v) is 3.96. The molecule has 4 nitrogen and oxygen atoms in total. The van der Waals surface area contributed by atoms with Crippen LogP contribution in [0.3, 0.4) is 0 Å². The molecule has 1 aliphatic rings.